The predicted octanol–water partition coefficient (Wildman–Crippen LogP) is 1.83. The number of benzene rings is 1. The number of rotatable bonds is 3. The first-order valence-corrected chi connectivity index (χ1v) is 6.26. The van der Waals surface area contributed by atoms with Gasteiger partial charge in [-0.3, -0.25) is 0 Å². The highest BCUT2D eigenvalue weighted by atomic mass is 15.1. The van der Waals surface area contributed by atoms with Crippen molar-refractivity contribution in [2.24, 2.45) is 12.8 Å². The molecule has 1 aromatic heterocycles. The standard InChI is InChI=1S/C14H22N4/c1-9(15)14(17(3)4)11-6-7-13-12(8-11)16-10(2)18(13)5/h6-9,14H,15H2,1-5H3. The van der Waals surface area contributed by atoms with Gasteiger partial charge in [-0.05, 0) is 45.6 Å². The maximum absolute atomic E-state index is 6.08. The van der Waals surface area contributed by atoms with Gasteiger partial charge in [-0.1, -0.05) is 6.07 Å². The van der Waals surface area contributed by atoms with Crippen molar-refractivity contribution in [3.8, 4) is 0 Å². The van der Waals surface area contributed by atoms with Crippen molar-refractivity contribution >= 4 is 11.0 Å². The molecule has 1 aromatic carbocycles. The van der Waals surface area contributed by atoms with Gasteiger partial charge in [-0.25, -0.2) is 4.98 Å². The quantitative estimate of drug-likeness (QED) is 0.899. The van der Waals surface area contributed by atoms with E-state index in [0.717, 1.165) is 11.3 Å². The summed E-state index contributed by atoms with van der Waals surface area (Å²) in [4.78, 5) is 6.73. The summed E-state index contributed by atoms with van der Waals surface area (Å²) in [6.07, 6.45) is 0. The van der Waals surface area contributed by atoms with Gasteiger partial charge in [0.2, 0.25) is 0 Å². The Kier molecular flexibility index (Phi) is 3.41. The Morgan fingerprint density at radius 3 is 2.56 bits per heavy atom. The van der Waals surface area contributed by atoms with E-state index in [1.807, 2.05) is 20.9 Å². The number of aryl methyl sites for hydroxylation is 2. The van der Waals surface area contributed by atoms with E-state index in [1.54, 1.807) is 0 Å². The third-order valence-electron chi connectivity index (χ3n) is 3.52. The van der Waals surface area contributed by atoms with Gasteiger partial charge in [0.1, 0.15) is 5.82 Å². The van der Waals surface area contributed by atoms with Crippen LogP contribution in [0, 0.1) is 6.92 Å². The third-order valence-corrected chi connectivity index (χ3v) is 3.52. The van der Waals surface area contributed by atoms with E-state index in [9.17, 15) is 0 Å². The molecule has 0 aliphatic heterocycles. The second-order valence-corrected chi connectivity index (χ2v) is 5.23. The van der Waals surface area contributed by atoms with Crippen LogP contribution in [0.3, 0.4) is 0 Å². The Bertz CT molecular complexity index is 546. The molecule has 2 atom stereocenters. The van der Waals surface area contributed by atoms with Crippen LogP contribution in [0.2, 0.25) is 0 Å². The van der Waals surface area contributed by atoms with E-state index in [4.69, 9.17) is 5.73 Å². The molecule has 0 saturated heterocycles. The summed E-state index contributed by atoms with van der Waals surface area (Å²) in [5, 5.41) is 0. The van der Waals surface area contributed by atoms with Crippen LogP contribution >= 0.6 is 0 Å². The van der Waals surface area contributed by atoms with Crippen LogP contribution < -0.4 is 5.73 Å². The second-order valence-electron chi connectivity index (χ2n) is 5.23. The van der Waals surface area contributed by atoms with Gasteiger partial charge in [-0.15, -0.1) is 0 Å². The zero-order valence-electron chi connectivity index (χ0n) is 11.8. The molecule has 2 N–H and O–H groups in total. The summed E-state index contributed by atoms with van der Waals surface area (Å²) in [6.45, 7) is 4.06. The van der Waals surface area contributed by atoms with Gasteiger partial charge in [0.05, 0.1) is 11.0 Å². The maximum Gasteiger partial charge on any atom is 0.106 e. The van der Waals surface area contributed by atoms with Gasteiger partial charge >= 0.3 is 0 Å². The minimum atomic E-state index is 0.0854. The molecule has 18 heavy (non-hydrogen) atoms. The molecule has 0 saturated carbocycles. The number of likely N-dealkylation sites (N-methyl/N-ethyl adjacent to an activating group) is 1. The molecule has 2 unspecified atom stereocenters. The first kappa shape index (κ1) is 13.1. The third kappa shape index (κ3) is 2.13. The molecule has 0 amide bonds. The molecular formula is C14H22N4. The van der Waals surface area contributed by atoms with Crippen molar-refractivity contribution < 1.29 is 0 Å². The number of nitrogens with two attached hydrogens (primary N) is 1. The van der Waals surface area contributed by atoms with Crippen LogP contribution in [0.15, 0.2) is 18.2 Å². The van der Waals surface area contributed by atoms with Gasteiger partial charge in [0.15, 0.2) is 0 Å². The molecule has 0 radical (unpaired) electrons. The highest BCUT2D eigenvalue weighted by molar-refractivity contribution is 5.77. The van der Waals surface area contributed by atoms with Crippen LogP contribution in [0.5, 0.6) is 0 Å². The van der Waals surface area contributed by atoms with Crippen molar-refractivity contribution in [3.05, 3.63) is 29.6 Å². The summed E-state index contributed by atoms with van der Waals surface area (Å²) >= 11 is 0. The van der Waals surface area contributed by atoms with E-state index in [1.165, 1.54) is 11.1 Å². The normalized spacial score (nSPS) is 15.3. The molecule has 4 nitrogen and oxygen atoms in total. The molecular weight excluding hydrogens is 224 g/mol. The largest absolute Gasteiger partial charge is 0.331 e. The smallest absolute Gasteiger partial charge is 0.106 e. The van der Waals surface area contributed by atoms with Crippen molar-refractivity contribution in [2.75, 3.05) is 14.1 Å². The topological polar surface area (TPSA) is 47.1 Å². The van der Waals surface area contributed by atoms with Crippen LogP contribution in [-0.2, 0) is 7.05 Å². The van der Waals surface area contributed by atoms with Crippen molar-refractivity contribution in [2.45, 2.75) is 25.9 Å². The predicted molar refractivity (Wildman–Crippen MR) is 75.5 cm³/mol. The first-order chi connectivity index (χ1) is 8.41. The van der Waals surface area contributed by atoms with Crippen LogP contribution in [0.1, 0.15) is 24.4 Å². The van der Waals surface area contributed by atoms with E-state index in [2.05, 4.69) is 46.7 Å². The molecule has 4 heteroatoms. The molecule has 98 valence electrons. The Hall–Kier alpha value is -1.39. The zero-order valence-corrected chi connectivity index (χ0v) is 11.8. The lowest BCUT2D eigenvalue weighted by molar-refractivity contribution is 0.266. The van der Waals surface area contributed by atoms with Crippen LogP contribution in [0.25, 0.3) is 11.0 Å². The minimum absolute atomic E-state index is 0.0854. The Morgan fingerprint density at radius 1 is 1.33 bits per heavy atom. The monoisotopic (exact) mass is 246 g/mol. The fourth-order valence-corrected chi connectivity index (χ4v) is 2.59. The van der Waals surface area contributed by atoms with Crippen molar-refractivity contribution in [1.29, 1.82) is 0 Å². The van der Waals surface area contributed by atoms with Gasteiger partial charge in [0.25, 0.3) is 0 Å². The molecule has 2 rings (SSSR count). The Morgan fingerprint density at radius 2 is 2.00 bits per heavy atom. The lowest BCUT2D eigenvalue weighted by atomic mass is 9.99. The molecule has 2 aromatic rings. The molecule has 0 aliphatic rings. The number of hydrogen-bond donors (Lipinski definition) is 1. The van der Waals surface area contributed by atoms with Gasteiger partial charge < -0.3 is 15.2 Å². The fourth-order valence-electron chi connectivity index (χ4n) is 2.59. The molecule has 0 fully saturated rings. The number of imidazole rings is 1. The summed E-state index contributed by atoms with van der Waals surface area (Å²) in [5.41, 5.74) is 9.51. The molecule has 0 aliphatic carbocycles. The fraction of sp³-hybridized carbons (Fsp3) is 0.500. The number of aromatic nitrogens is 2. The lowest BCUT2D eigenvalue weighted by Crippen LogP contribution is -2.35. The summed E-state index contributed by atoms with van der Waals surface area (Å²) in [5.74, 6) is 1.03. The number of nitrogens with zero attached hydrogens (tertiary/aromatic N) is 3. The highest BCUT2D eigenvalue weighted by Gasteiger charge is 2.19. The SMILES string of the molecule is Cc1nc2cc(C(C(C)N)N(C)C)ccc2n1C. The van der Waals surface area contributed by atoms with Crippen LogP contribution in [-0.4, -0.2) is 34.6 Å². The van der Waals surface area contributed by atoms with E-state index >= 15 is 0 Å². The molecule has 0 bridgehead atoms. The van der Waals surface area contributed by atoms with Crippen LogP contribution in [0.4, 0.5) is 0 Å². The maximum atomic E-state index is 6.08. The number of hydrogen-bond acceptors (Lipinski definition) is 3. The van der Waals surface area contributed by atoms with Crippen molar-refractivity contribution in [3.63, 3.8) is 0 Å². The molecule has 1 heterocycles. The average Bonchev–Trinajstić information content (AvgIpc) is 2.53. The Balaban J connectivity index is 2.52. The summed E-state index contributed by atoms with van der Waals surface area (Å²) < 4.78 is 2.11. The zero-order chi connectivity index (χ0) is 13.4. The van der Waals surface area contributed by atoms with E-state index < -0.39 is 0 Å². The minimum Gasteiger partial charge on any atom is -0.331 e. The second kappa shape index (κ2) is 4.71. The van der Waals surface area contributed by atoms with Gasteiger partial charge in [-0.2, -0.15) is 0 Å². The lowest BCUT2D eigenvalue weighted by Gasteiger charge is -2.28. The van der Waals surface area contributed by atoms with E-state index in [0.29, 0.717) is 0 Å². The highest BCUT2D eigenvalue weighted by Crippen LogP contribution is 2.25. The van der Waals surface area contributed by atoms with E-state index in [-0.39, 0.29) is 12.1 Å². The first-order valence-electron chi connectivity index (χ1n) is 6.26. The Labute approximate surface area is 108 Å². The summed E-state index contributed by atoms with van der Waals surface area (Å²) in [6, 6.07) is 6.73. The van der Waals surface area contributed by atoms with Crippen molar-refractivity contribution in [1.82, 2.24) is 14.5 Å². The van der Waals surface area contributed by atoms with Gasteiger partial charge in [0, 0.05) is 19.1 Å². The number of fused-ring (bicyclic) bond motifs is 1. The summed E-state index contributed by atoms with van der Waals surface area (Å²) in [7, 11) is 6.16. The average molecular weight is 246 g/mol. The molecule has 0 spiro atoms.